The van der Waals surface area contributed by atoms with E-state index in [0.29, 0.717) is 6.42 Å². The molecule has 2 aromatic rings. The molecule has 0 saturated carbocycles. The predicted molar refractivity (Wildman–Crippen MR) is 78.3 cm³/mol. The molecule has 0 fully saturated rings. The highest BCUT2D eigenvalue weighted by molar-refractivity contribution is 5.86. The quantitative estimate of drug-likeness (QED) is 0.788. The van der Waals surface area contributed by atoms with Crippen molar-refractivity contribution < 1.29 is 4.79 Å². The number of nitrogens with zero attached hydrogens (tertiary/aromatic N) is 1. The lowest BCUT2D eigenvalue weighted by Gasteiger charge is -2.24. The van der Waals surface area contributed by atoms with Crippen LogP contribution in [0.15, 0.2) is 42.5 Å². The van der Waals surface area contributed by atoms with E-state index >= 15 is 0 Å². The third kappa shape index (κ3) is 2.89. The second-order valence-electron chi connectivity index (χ2n) is 4.45. The monoisotopic (exact) mass is 263 g/mol. The molecule has 0 radical (unpaired) electrons. The Morgan fingerprint density at radius 1 is 1.11 bits per heavy atom. The Balaban J connectivity index is 0.00000162. The Hall–Kier alpha value is -1.38. The number of benzene rings is 2. The highest BCUT2D eigenvalue weighted by atomic mass is 35.5. The first-order valence-electron chi connectivity index (χ1n) is 5.81. The fraction of sp³-hybridized carbons (Fsp3) is 0.267. The number of carbonyl (C=O) groups is 1. The average Bonchev–Trinajstić information content (AvgIpc) is 2.35. The second kappa shape index (κ2) is 6.53. The molecule has 0 aliphatic heterocycles. The van der Waals surface area contributed by atoms with Crippen LogP contribution < -0.4 is 0 Å². The summed E-state index contributed by atoms with van der Waals surface area (Å²) < 4.78 is 0. The first-order valence-corrected chi connectivity index (χ1v) is 5.81. The normalized spacial score (nSPS) is 12.2. The van der Waals surface area contributed by atoms with Gasteiger partial charge in [-0.3, -0.25) is 0 Å². The molecule has 0 aromatic heterocycles. The topological polar surface area (TPSA) is 20.3 Å². The van der Waals surface area contributed by atoms with Gasteiger partial charge in [-0.05, 0) is 30.4 Å². The Bertz CT molecular complexity index is 519. The zero-order chi connectivity index (χ0) is 12.3. The first-order chi connectivity index (χ1) is 8.24. The molecule has 1 atom stereocenters. The van der Waals surface area contributed by atoms with Gasteiger partial charge in [0.15, 0.2) is 0 Å². The van der Waals surface area contributed by atoms with Gasteiger partial charge in [-0.25, -0.2) is 0 Å². The van der Waals surface area contributed by atoms with Gasteiger partial charge >= 0.3 is 0 Å². The number of hydrogen-bond acceptors (Lipinski definition) is 2. The summed E-state index contributed by atoms with van der Waals surface area (Å²) in [6, 6.07) is 14.7. The number of aldehydes is 1. The lowest BCUT2D eigenvalue weighted by molar-refractivity contribution is -0.108. The summed E-state index contributed by atoms with van der Waals surface area (Å²) in [7, 11) is 4.02. The molecule has 2 nitrogen and oxygen atoms in total. The maximum Gasteiger partial charge on any atom is 0.121 e. The molecule has 0 heterocycles. The van der Waals surface area contributed by atoms with E-state index in [0.717, 1.165) is 6.29 Å². The molecule has 0 aliphatic rings. The minimum absolute atomic E-state index is 0. The fourth-order valence-corrected chi connectivity index (χ4v) is 2.25. The van der Waals surface area contributed by atoms with Crippen molar-refractivity contribution in [3.63, 3.8) is 0 Å². The summed E-state index contributed by atoms with van der Waals surface area (Å²) in [6.07, 6.45) is 1.52. The molecule has 3 heteroatoms. The van der Waals surface area contributed by atoms with Crippen LogP contribution in [0, 0.1) is 0 Å². The smallest absolute Gasteiger partial charge is 0.121 e. The van der Waals surface area contributed by atoms with Gasteiger partial charge in [-0.2, -0.15) is 0 Å². The zero-order valence-electron chi connectivity index (χ0n) is 10.7. The number of fused-ring (bicyclic) bond motifs is 1. The van der Waals surface area contributed by atoms with Crippen LogP contribution >= 0.6 is 12.4 Å². The number of carbonyl (C=O) groups excluding carboxylic acids is 1. The molecule has 18 heavy (non-hydrogen) atoms. The van der Waals surface area contributed by atoms with E-state index in [1.54, 1.807) is 0 Å². The lowest BCUT2D eigenvalue weighted by atomic mass is 9.96. The van der Waals surface area contributed by atoms with E-state index in [4.69, 9.17) is 0 Å². The summed E-state index contributed by atoms with van der Waals surface area (Å²) in [5.74, 6) is 0. The van der Waals surface area contributed by atoms with Gasteiger partial charge in [-0.1, -0.05) is 42.5 Å². The zero-order valence-corrected chi connectivity index (χ0v) is 11.5. The van der Waals surface area contributed by atoms with Crippen LogP contribution in [0.2, 0.25) is 0 Å². The Morgan fingerprint density at radius 3 is 2.44 bits per heavy atom. The summed E-state index contributed by atoms with van der Waals surface area (Å²) in [5.41, 5.74) is 1.22. The number of rotatable bonds is 4. The summed E-state index contributed by atoms with van der Waals surface area (Å²) in [5, 5.41) is 2.46. The van der Waals surface area contributed by atoms with Crippen molar-refractivity contribution >= 4 is 29.5 Å². The van der Waals surface area contributed by atoms with E-state index in [2.05, 4.69) is 35.2 Å². The molecule has 0 spiro atoms. The van der Waals surface area contributed by atoms with Crippen molar-refractivity contribution in [3.05, 3.63) is 48.0 Å². The van der Waals surface area contributed by atoms with Crippen molar-refractivity contribution in [1.29, 1.82) is 0 Å². The van der Waals surface area contributed by atoms with Crippen molar-refractivity contribution in [2.75, 3.05) is 14.1 Å². The Labute approximate surface area is 114 Å². The van der Waals surface area contributed by atoms with E-state index in [9.17, 15) is 4.79 Å². The molecule has 0 amide bonds. The van der Waals surface area contributed by atoms with Crippen LogP contribution in [-0.2, 0) is 4.79 Å². The molecule has 0 aliphatic carbocycles. The SMILES string of the molecule is CN(C)[C@@H](CC=O)c1cccc2ccccc12.Cl. The van der Waals surface area contributed by atoms with Crippen LogP contribution in [0.25, 0.3) is 10.8 Å². The number of halogens is 1. The maximum atomic E-state index is 10.8. The molecule has 0 N–H and O–H groups in total. The predicted octanol–water partition coefficient (Wildman–Crippen LogP) is 3.45. The summed E-state index contributed by atoms with van der Waals surface area (Å²) in [6.45, 7) is 0. The summed E-state index contributed by atoms with van der Waals surface area (Å²) in [4.78, 5) is 12.9. The molecular weight excluding hydrogens is 246 g/mol. The molecule has 2 rings (SSSR count). The average molecular weight is 264 g/mol. The van der Waals surface area contributed by atoms with Gasteiger partial charge in [-0.15, -0.1) is 12.4 Å². The Kier molecular flexibility index (Phi) is 5.32. The summed E-state index contributed by atoms with van der Waals surface area (Å²) >= 11 is 0. The highest BCUT2D eigenvalue weighted by Crippen LogP contribution is 2.28. The van der Waals surface area contributed by atoms with Crippen molar-refractivity contribution in [2.24, 2.45) is 0 Å². The molecule has 2 aromatic carbocycles. The lowest BCUT2D eigenvalue weighted by Crippen LogP contribution is -2.20. The minimum atomic E-state index is 0. The molecular formula is C15H18ClNO. The molecule has 0 bridgehead atoms. The molecule has 0 saturated heterocycles. The molecule has 96 valence electrons. The van der Waals surface area contributed by atoms with Crippen molar-refractivity contribution in [1.82, 2.24) is 4.90 Å². The Morgan fingerprint density at radius 2 is 1.78 bits per heavy atom. The maximum absolute atomic E-state index is 10.8. The van der Waals surface area contributed by atoms with Gasteiger partial charge < -0.3 is 9.69 Å². The second-order valence-corrected chi connectivity index (χ2v) is 4.45. The van der Waals surface area contributed by atoms with E-state index in [-0.39, 0.29) is 18.4 Å². The van der Waals surface area contributed by atoms with Gasteiger partial charge in [0.25, 0.3) is 0 Å². The van der Waals surface area contributed by atoms with Gasteiger partial charge in [0.2, 0.25) is 0 Å². The third-order valence-corrected chi connectivity index (χ3v) is 3.13. The van der Waals surface area contributed by atoms with Crippen molar-refractivity contribution in [3.8, 4) is 0 Å². The van der Waals surface area contributed by atoms with E-state index < -0.39 is 0 Å². The van der Waals surface area contributed by atoms with Crippen LogP contribution in [0.3, 0.4) is 0 Å². The highest BCUT2D eigenvalue weighted by Gasteiger charge is 2.15. The van der Waals surface area contributed by atoms with Crippen LogP contribution in [-0.4, -0.2) is 25.3 Å². The standard InChI is InChI=1S/C15H17NO.ClH/c1-16(2)15(10-11-17)14-9-5-7-12-6-3-4-8-13(12)14;/h3-9,11,15H,10H2,1-2H3;1H/t15-;/m0./s1. The van der Waals surface area contributed by atoms with Gasteiger partial charge in [0, 0.05) is 12.5 Å². The first kappa shape index (κ1) is 14.7. The van der Waals surface area contributed by atoms with Gasteiger partial charge in [0.1, 0.15) is 6.29 Å². The van der Waals surface area contributed by atoms with Crippen molar-refractivity contribution in [2.45, 2.75) is 12.5 Å². The largest absolute Gasteiger partial charge is 0.303 e. The van der Waals surface area contributed by atoms with Gasteiger partial charge in [0.05, 0.1) is 0 Å². The fourth-order valence-electron chi connectivity index (χ4n) is 2.25. The minimum Gasteiger partial charge on any atom is -0.303 e. The molecule has 0 unspecified atom stereocenters. The van der Waals surface area contributed by atoms with Crippen LogP contribution in [0.4, 0.5) is 0 Å². The number of hydrogen-bond donors (Lipinski definition) is 0. The van der Waals surface area contributed by atoms with Crippen LogP contribution in [0.5, 0.6) is 0 Å². The van der Waals surface area contributed by atoms with E-state index in [1.807, 2.05) is 26.2 Å². The third-order valence-electron chi connectivity index (χ3n) is 3.13. The van der Waals surface area contributed by atoms with Crippen LogP contribution in [0.1, 0.15) is 18.0 Å². The van der Waals surface area contributed by atoms with E-state index in [1.165, 1.54) is 16.3 Å².